The van der Waals surface area contributed by atoms with Crippen molar-refractivity contribution in [3.8, 4) is 0 Å². The minimum Gasteiger partial charge on any atom is -0.360 e. The first-order valence-corrected chi connectivity index (χ1v) is 7.64. The van der Waals surface area contributed by atoms with Crippen molar-refractivity contribution in [1.29, 1.82) is 0 Å². The molecule has 0 amide bonds. The number of para-hydroxylation sites is 1. The highest BCUT2D eigenvalue weighted by molar-refractivity contribution is 5.54. The van der Waals surface area contributed by atoms with Gasteiger partial charge in [0.1, 0.15) is 0 Å². The van der Waals surface area contributed by atoms with Gasteiger partial charge in [0.2, 0.25) is 5.89 Å². The van der Waals surface area contributed by atoms with Gasteiger partial charge < -0.3 is 14.7 Å². The molecule has 1 aromatic carbocycles. The Labute approximate surface area is 125 Å². The van der Waals surface area contributed by atoms with E-state index in [4.69, 9.17) is 4.52 Å². The van der Waals surface area contributed by atoms with Crippen LogP contribution >= 0.6 is 0 Å². The molecular formula is C16H22N4O. The summed E-state index contributed by atoms with van der Waals surface area (Å²) in [6.45, 7) is 6.82. The molecule has 112 valence electrons. The maximum Gasteiger partial charge on any atom is 0.246 e. The highest BCUT2D eigenvalue weighted by Crippen LogP contribution is 2.24. The third-order valence-corrected chi connectivity index (χ3v) is 3.78. The van der Waals surface area contributed by atoms with E-state index in [-0.39, 0.29) is 0 Å². The van der Waals surface area contributed by atoms with Gasteiger partial charge in [-0.2, -0.15) is 4.98 Å². The summed E-state index contributed by atoms with van der Waals surface area (Å²) < 4.78 is 5.39. The maximum atomic E-state index is 5.39. The lowest BCUT2D eigenvalue weighted by atomic mass is 10.1. The number of anilines is 1. The molecule has 2 aromatic rings. The topological polar surface area (TPSA) is 54.2 Å². The van der Waals surface area contributed by atoms with E-state index in [2.05, 4.69) is 58.5 Å². The number of rotatable bonds is 4. The van der Waals surface area contributed by atoms with Gasteiger partial charge in [-0.05, 0) is 25.0 Å². The van der Waals surface area contributed by atoms with Gasteiger partial charge in [0.05, 0.1) is 6.54 Å². The fourth-order valence-electron chi connectivity index (χ4n) is 2.74. The molecule has 1 aliphatic rings. The minimum atomic E-state index is 0.426. The third-order valence-electron chi connectivity index (χ3n) is 3.78. The first kappa shape index (κ1) is 14.1. The van der Waals surface area contributed by atoms with Crippen LogP contribution in [0.15, 0.2) is 28.8 Å². The zero-order valence-electron chi connectivity index (χ0n) is 12.7. The van der Waals surface area contributed by atoms with Crippen molar-refractivity contribution >= 4 is 5.69 Å². The Hall–Kier alpha value is -1.88. The SMILES string of the molecule is CCCc1noc(CN2CC(C)NCc3ccccc32)n1. The van der Waals surface area contributed by atoms with Crippen LogP contribution in [0.25, 0.3) is 0 Å². The lowest BCUT2D eigenvalue weighted by molar-refractivity contribution is 0.369. The van der Waals surface area contributed by atoms with Crippen LogP contribution in [0.2, 0.25) is 0 Å². The van der Waals surface area contributed by atoms with E-state index in [0.717, 1.165) is 31.8 Å². The molecule has 0 saturated carbocycles. The van der Waals surface area contributed by atoms with Crippen LogP contribution in [0.3, 0.4) is 0 Å². The molecule has 0 bridgehead atoms. The predicted molar refractivity (Wildman–Crippen MR) is 82.1 cm³/mol. The molecule has 1 unspecified atom stereocenters. The predicted octanol–water partition coefficient (Wildman–Crippen LogP) is 2.52. The van der Waals surface area contributed by atoms with Gasteiger partial charge in [-0.15, -0.1) is 0 Å². The van der Waals surface area contributed by atoms with Crippen molar-refractivity contribution in [3.05, 3.63) is 41.5 Å². The van der Waals surface area contributed by atoms with Crippen LogP contribution in [-0.2, 0) is 19.5 Å². The Balaban J connectivity index is 1.82. The van der Waals surface area contributed by atoms with Crippen LogP contribution in [0.4, 0.5) is 5.69 Å². The van der Waals surface area contributed by atoms with Crippen molar-refractivity contribution in [3.63, 3.8) is 0 Å². The second-order valence-corrected chi connectivity index (χ2v) is 5.65. The van der Waals surface area contributed by atoms with E-state index >= 15 is 0 Å². The Morgan fingerprint density at radius 3 is 3.10 bits per heavy atom. The molecule has 0 spiro atoms. The smallest absolute Gasteiger partial charge is 0.246 e. The van der Waals surface area contributed by atoms with E-state index in [1.54, 1.807) is 0 Å². The summed E-state index contributed by atoms with van der Waals surface area (Å²) in [5.74, 6) is 1.50. The standard InChI is InChI=1S/C16H22N4O/c1-3-6-15-18-16(21-19-15)11-20-10-12(2)17-9-13-7-4-5-8-14(13)20/h4-5,7-8,12,17H,3,6,9-11H2,1-2H3. The number of nitrogens with one attached hydrogen (secondary N) is 1. The van der Waals surface area contributed by atoms with Gasteiger partial charge in [-0.1, -0.05) is 30.3 Å². The highest BCUT2D eigenvalue weighted by Gasteiger charge is 2.20. The van der Waals surface area contributed by atoms with Crippen molar-refractivity contribution in [2.75, 3.05) is 11.4 Å². The number of aryl methyl sites for hydroxylation is 1. The van der Waals surface area contributed by atoms with E-state index in [1.807, 2.05) is 0 Å². The zero-order valence-corrected chi connectivity index (χ0v) is 12.7. The molecule has 3 rings (SSSR count). The van der Waals surface area contributed by atoms with Gasteiger partial charge in [0.15, 0.2) is 5.82 Å². The molecule has 0 radical (unpaired) electrons. The Morgan fingerprint density at radius 2 is 2.24 bits per heavy atom. The first-order chi connectivity index (χ1) is 10.3. The Bertz CT molecular complexity index is 595. The van der Waals surface area contributed by atoms with Crippen LogP contribution in [0, 0.1) is 0 Å². The minimum absolute atomic E-state index is 0.426. The Kier molecular flexibility index (Phi) is 4.20. The molecule has 5 nitrogen and oxygen atoms in total. The number of aromatic nitrogens is 2. The molecular weight excluding hydrogens is 264 g/mol. The van der Waals surface area contributed by atoms with Gasteiger partial charge in [0, 0.05) is 31.2 Å². The maximum absolute atomic E-state index is 5.39. The van der Waals surface area contributed by atoms with Crippen LogP contribution in [0.5, 0.6) is 0 Å². The second-order valence-electron chi connectivity index (χ2n) is 5.65. The molecule has 0 fully saturated rings. The lowest BCUT2D eigenvalue weighted by Crippen LogP contribution is -2.35. The molecule has 1 N–H and O–H groups in total. The number of benzene rings is 1. The zero-order chi connectivity index (χ0) is 14.7. The summed E-state index contributed by atoms with van der Waals surface area (Å²) in [5, 5.41) is 7.58. The highest BCUT2D eigenvalue weighted by atomic mass is 16.5. The van der Waals surface area contributed by atoms with Crippen LogP contribution in [-0.4, -0.2) is 22.7 Å². The molecule has 1 aliphatic heterocycles. The summed E-state index contributed by atoms with van der Waals surface area (Å²) in [7, 11) is 0. The van der Waals surface area contributed by atoms with E-state index < -0.39 is 0 Å². The van der Waals surface area contributed by atoms with E-state index in [0.29, 0.717) is 18.5 Å². The first-order valence-electron chi connectivity index (χ1n) is 7.64. The van der Waals surface area contributed by atoms with Crippen molar-refractivity contribution in [2.45, 2.75) is 45.8 Å². The summed E-state index contributed by atoms with van der Waals surface area (Å²) in [5.41, 5.74) is 2.57. The fraction of sp³-hybridized carbons (Fsp3) is 0.500. The fourth-order valence-corrected chi connectivity index (χ4v) is 2.74. The van der Waals surface area contributed by atoms with Gasteiger partial charge >= 0.3 is 0 Å². The molecule has 0 saturated heterocycles. The van der Waals surface area contributed by atoms with Crippen molar-refractivity contribution in [1.82, 2.24) is 15.5 Å². The average Bonchev–Trinajstić information content (AvgIpc) is 2.85. The van der Waals surface area contributed by atoms with Gasteiger partial charge in [0.25, 0.3) is 0 Å². The molecule has 5 heteroatoms. The Morgan fingerprint density at radius 1 is 1.38 bits per heavy atom. The quantitative estimate of drug-likeness (QED) is 0.936. The van der Waals surface area contributed by atoms with Crippen molar-refractivity contribution in [2.24, 2.45) is 0 Å². The molecule has 1 aromatic heterocycles. The lowest BCUT2D eigenvalue weighted by Gasteiger charge is -2.24. The monoisotopic (exact) mass is 286 g/mol. The summed E-state index contributed by atoms with van der Waals surface area (Å²) in [4.78, 5) is 6.81. The number of hydrogen-bond donors (Lipinski definition) is 1. The summed E-state index contributed by atoms with van der Waals surface area (Å²) >= 11 is 0. The second kappa shape index (κ2) is 6.26. The van der Waals surface area contributed by atoms with Crippen LogP contribution in [0.1, 0.15) is 37.5 Å². The van der Waals surface area contributed by atoms with Gasteiger partial charge in [-0.3, -0.25) is 0 Å². The van der Waals surface area contributed by atoms with Crippen LogP contribution < -0.4 is 10.2 Å². The molecule has 1 atom stereocenters. The number of fused-ring (bicyclic) bond motifs is 1. The largest absolute Gasteiger partial charge is 0.360 e. The molecule has 2 heterocycles. The summed E-state index contributed by atoms with van der Waals surface area (Å²) in [6.07, 6.45) is 1.91. The van der Waals surface area contributed by atoms with E-state index in [9.17, 15) is 0 Å². The number of nitrogens with zero attached hydrogens (tertiary/aromatic N) is 3. The van der Waals surface area contributed by atoms with E-state index in [1.165, 1.54) is 11.3 Å². The van der Waals surface area contributed by atoms with Gasteiger partial charge in [-0.25, -0.2) is 0 Å². The average molecular weight is 286 g/mol. The molecule has 21 heavy (non-hydrogen) atoms. The van der Waals surface area contributed by atoms with Crippen molar-refractivity contribution < 1.29 is 4.52 Å². The summed E-state index contributed by atoms with van der Waals surface area (Å²) in [6, 6.07) is 8.93. The normalized spacial score (nSPS) is 18.4. The molecule has 0 aliphatic carbocycles. The number of hydrogen-bond acceptors (Lipinski definition) is 5. The third kappa shape index (κ3) is 3.24.